The van der Waals surface area contributed by atoms with E-state index in [0.717, 1.165) is 30.3 Å². The molecule has 3 aliphatic rings. The van der Waals surface area contributed by atoms with Gasteiger partial charge in [0.05, 0.1) is 0 Å². The molecule has 0 amide bonds. The van der Waals surface area contributed by atoms with E-state index >= 15 is 0 Å². The number of carbonyl (C=O) groups excluding carboxylic acids is 1. The number of hydrogen-bond acceptors (Lipinski definition) is 8. The minimum Gasteiger partial charge on any atom is -0.431 e. The fourth-order valence-electron chi connectivity index (χ4n) is 5.88. The molecule has 1 aromatic heterocycles. The van der Waals surface area contributed by atoms with Crippen LogP contribution >= 0.6 is 0 Å². The van der Waals surface area contributed by atoms with Crippen molar-refractivity contribution in [3.63, 3.8) is 0 Å². The van der Waals surface area contributed by atoms with E-state index in [1.807, 2.05) is 6.08 Å². The van der Waals surface area contributed by atoms with E-state index in [-0.39, 0.29) is 18.9 Å². The van der Waals surface area contributed by atoms with Crippen LogP contribution in [0.4, 0.5) is 9.18 Å². The number of nitrogens with one attached hydrogen (secondary N) is 1. The second-order valence-electron chi connectivity index (χ2n) is 10.7. The number of hydrogen-bond donors (Lipinski definition) is 1. The van der Waals surface area contributed by atoms with Crippen molar-refractivity contribution in [2.75, 3.05) is 6.61 Å². The van der Waals surface area contributed by atoms with Crippen molar-refractivity contribution in [1.82, 2.24) is 9.55 Å². The quantitative estimate of drug-likeness (QED) is 0.308. The van der Waals surface area contributed by atoms with Gasteiger partial charge in [-0.1, -0.05) is 19.4 Å². The topological polar surface area (TPSA) is 118 Å². The summed E-state index contributed by atoms with van der Waals surface area (Å²) in [5.74, 6) is 0.274. The number of aromatic amines is 1. The molecule has 206 valence electrons. The van der Waals surface area contributed by atoms with E-state index in [2.05, 4.69) is 25.4 Å². The SMILES string of the molecule is C=CCC(CC)[C@]1(C)C[C@]2(CCCC(OC(=O)OC[C@H]3O[C@@H](n4cc(C)c(=O)[nH]c4=O)C[C@@H]3F)C2)OO1. The van der Waals surface area contributed by atoms with Crippen LogP contribution in [0.15, 0.2) is 28.4 Å². The van der Waals surface area contributed by atoms with Crippen LogP contribution in [-0.4, -0.2) is 51.9 Å². The van der Waals surface area contributed by atoms with Crippen LogP contribution < -0.4 is 11.2 Å². The molecule has 1 N–H and O–H groups in total. The maximum Gasteiger partial charge on any atom is 0.508 e. The predicted molar refractivity (Wildman–Crippen MR) is 131 cm³/mol. The van der Waals surface area contributed by atoms with E-state index in [9.17, 15) is 18.8 Å². The first-order valence-corrected chi connectivity index (χ1v) is 13.0. The molecule has 1 aromatic rings. The lowest BCUT2D eigenvalue weighted by Crippen LogP contribution is -2.42. The number of ether oxygens (including phenoxy) is 3. The van der Waals surface area contributed by atoms with Gasteiger partial charge in [0.1, 0.15) is 42.4 Å². The van der Waals surface area contributed by atoms with Crippen LogP contribution in [0.2, 0.25) is 0 Å². The minimum absolute atomic E-state index is 0.111. The molecule has 2 unspecified atom stereocenters. The molecule has 1 aliphatic carbocycles. The highest BCUT2D eigenvalue weighted by molar-refractivity contribution is 5.60. The third-order valence-corrected chi connectivity index (χ3v) is 7.89. The molecule has 37 heavy (non-hydrogen) atoms. The smallest absolute Gasteiger partial charge is 0.431 e. The zero-order valence-electron chi connectivity index (χ0n) is 21.7. The average Bonchev–Trinajstić information content (AvgIpc) is 3.38. The van der Waals surface area contributed by atoms with Crippen molar-refractivity contribution in [3.8, 4) is 0 Å². The van der Waals surface area contributed by atoms with Gasteiger partial charge in [-0.3, -0.25) is 14.3 Å². The van der Waals surface area contributed by atoms with Gasteiger partial charge < -0.3 is 14.2 Å². The Hall–Kier alpha value is -2.50. The average molecular weight is 525 g/mol. The summed E-state index contributed by atoms with van der Waals surface area (Å²) in [6.45, 7) is 9.21. The summed E-state index contributed by atoms with van der Waals surface area (Å²) in [4.78, 5) is 50.0. The molecule has 1 saturated carbocycles. The maximum atomic E-state index is 14.6. The summed E-state index contributed by atoms with van der Waals surface area (Å²) in [6, 6.07) is 0. The molecular formula is C26H37FN2O8. The molecule has 7 atom stereocenters. The van der Waals surface area contributed by atoms with Crippen LogP contribution in [0.3, 0.4) is 0 Å². The second kappa shape index (κ2) is 11.1. The van der Waals surface area contributed by atoms with Gasteiger partial charge in [-0.2, -0.15) is 0 Å². The van der Waals surface area contributed by atoms with Gasteiger partial charge in [-0.25, -0.2) is 23.8 Å². The van der Waals surface area contributed by atoms with Crippen molar-refractivity contribution < 1.29 is 33.2 Å². The van der Waals surface area contributed by atoms with Crippen molar-refractivity contribution in [3.05, 3.63) is 45.3 Å². The van der Waals surface area contributed by atoms with Gasteiger partial charge in [-0.15, -0.1) is 6.58 Å². The van der Waals surface area contributed by atoms with Crippen molar-refractivity contribution in [1.29, 1.82) is 0 Å². The molecule has 3 heterocycles. The monoisotopic (exact) mass is 524 g/mol. The minimum atomic E-state index is -1.46. The Morgan fingerprint density at radius 2 is 2.19 bits per heavy atom. The zero-order valence-corrected chi connectivity index (χ0v) is 21.7. The fourth-order valence-corrected chi connectivity index (χ4v) is 5.88. The first-order valence-electron chi connectivity index (χ1n) is 13.0. The van der Waals surface area contributed by atoms with Crippen LogP contribution in [0, 0.1) is 12.8 Å². The lowest BCUT2D eigenvalue weighted by Gasteiger charge is -2.36. The highest BCUT2D eigenvalue weighted by Gasteiger charge is 2.54. The van der Waals surface area contributed by atoms with E-state index in [1.165, 1.54) is 13.1 Å². The van der Waals surface area contributed by atoms with Gasteiger partial charge >= 0.3 is 11.8 Å². The first kappa shape index (κ1) is 27.5. The van der Waals surface area contributed by atoms with Crippen LogP contribution in [0.1, 0.15) is 77.0 Å². The number of allylic oxidation sites excluding steroid dienone is 1. The first-order chi connectivity index (χ1) is 17.6. The summed E-state index contributed by atoms with van der Waals surface area (Å²) in [5, 5.41) is 0. The highest BCUT2D eigenvalue weighted by atomic mass is 19.1. The van der Waals surface area contributed by atoms with E-state index in [1.54, 1.807) is 0 Å². The molecule has 1 spiro atoms. The summed E-state index contributed by atoms with van der Waals surface area (Å²) < 4.78 is 32.1. The van der Waals surface area contributed by atoms with Gasteiger partial charge in [-0.05, 0) is 45.4 Å². The number of halogens is 1. The van der Waals surface area contributed by atoms with Gasteiger partial charge in [0.15, 0.2) is 0 Å². The Kier molecular flexibility index (Phi) is 8.25. The fraction of sp³-hybridized carbons (Fsp3) is 0.731. The molecule has 0 radical (unpaired) electrons. The lowest BCUT2D eigenvalue weighted by molar-refractivity contribution is -0.361. The molecule has 4 rings (SSSR count). The largest absolute Gasteiger partial charge is 0.508 e. The maximum absolute atomic E-state index is 14.6. The number of aryl methyl sites for hydroxylation is 1. The lowest BCUT2D eigenvalue weighted by atomic mass is 9.72. The van der Waals surface area contributed by atoms with E-state index < -0.39 is 53.2 Å². The van der Waals surface area contributed by atoms with Gasteiger partial charge in [0.2, 0.25) is 0 Å². The Labute approximate surface area is 215 Å². The van der Waals surface area contributed by atoms with Crippen LogP contribution in [0.25, 0.3) is 0 Å². The van der Waals surface area contributed by atoms with Crippen molar-refractivity contribution in [2.24, 2.45) is 5.92 Å². The molecule has 0 bridgehead atoms. The molecule has 0 aromatic carbocycles. The van der Waals surface area contributed by atoms with E-state index in [4.69, 9.17) is 24.0 Å². The number of alkyl halides is 1. The molecule has 2 aliphatic heterocycles. The van der Waals surface area contributed by atoms with E-state index in [0.29, 0.717) is 24.8 Å². The Bertz CT molecular complexity index is 1100. The Morgan fingerprint density at radius 1 is 1.41 bits per heavy atom. The molecule has 10 nitrogen and oxygen atoms in total. The van der Waals surface area contributed by atoms with Gasteiger partial charge in [0, 0.05) is 31.0 Å². The predicted octanol–water partition coefficient (Wildman–Crippen LogP) is 4.02. The molecule has 11 heteroatoms. The zero-order chi connectivity index (χ0) is 26.8. The third kappa shape index (κ3) is 5.99. The number of H-pyrrole nitrogens is 1. The summed E-state index contributed by atoms with van der Waals surface area (Å²) >= 11 is 0. The van der Waals surface area contributed by atoms with Crippen LogP contribution in [-0.2, 0) is 24.0 Å². The van der Waals surface area contributed by atoms with Crippen molar-refractivity contribution in [2.45, 2.75) is 108 Å². The standard InChI is InChI=1S/C26H37FN2O8/c1-5-8-17(6-2)25(4)15-26(37-36-25)10-7-9-18(12-26)34-24(32)33-14-20-19(27)11-21(35-20)29-13-16(3)22(30)28-23(29)31/h5,13,17-21H,1,6-12,14-15H2,2-4H3,(H,28,30,31)/t17?,18?,19-,20+,21+,25-,26+/m0/s1. The summed E-state index contributed by atoms with van der Waals surface area (Å²) in [7, 11) is 0. The summed E-state index contributed by atoms with van der Waals surface area (Å²) in [6.07, 6.45) is 3.61. The Morgan fingerprint density at radius 3 is 2.92 bits per heavy atom. The third-order valence-electron chi connectivity index (χ3n) is 7.89. The molecule has 2 saturated heterocycles. The van der Waals surface area contributed by atoms with Crippen molar-refractivity contribution >= 4 is 6.16 Å². The molecular weight excluding hydrogens is 487 g/mol. The Balaban J connectivity index is 1.29. The number of nitrogens with zero attached hydrogens (tertiary/aromatic N) is 1. The second-order valence-corrected chi connectivity index (χ2v) is 10.7. The molecule has 3 fully saturated rings. The normalized spacial score (nSPS) is 34.4. The van der Waals surface area contributed by atoms with Gasteiger partial charge in [0.25, 0.3) is 5.56 Å². The highest BCUT2D eigenvalue weighted by Crippen LogP contribution is 2.49. The number of carbonyl (C=O) groups is 1. The number of aromatic nitrogens is 2. The summed E-state index contributed by atoms with van der Waals surface area (Å²) in [5.41, 5.74) is -1.87. The number of rotatable bonds is 8. The van der Waals surface area contributed by atoms with Crippen LogP contribution in [0.5, 0.6) is 0 Å².